The van der Waals surface area contributed by atoms with Crippen LogP contribution in [0, 0.1) is 5.92 Å². The Balaban J connectivity index is 1.96. The zero-order valence-corrected chi connectivity index (χ0v) is 11.7. The van der Waals surface area contributed by atoms with Crippen LogP contribution in [0.5, 0.6) is 0 Å². The Bertz CT molecular complexity index is 387. The third-order valence-corrected chi connectivity index (χ3v) is 3.49. The van der Waals surface area contributed by atoms with Crippen molar-refractivity contribution in [2.45, 2.75) is 63.9 Å². The first-order valence-electron chi connectivity index (χ1n) is 6.71. The molecule has 1 saturated heterocycles. The Morgan fingerprint density at radius 3 is 2.53 bits per heavy atom. The second-order valence-corrected chi connectivity index (χ2v) is 6.35. The van der Waals surface area contributed by atoms with Crippen LogP contribution in [0.1, 0.15) is 46.5 Å². The van der Waals surface area contributed by atoms with Gasteiger partial charge in [-0.2, -0.15) is 0 Å². The summed E-state index contributed by atoms with van der Waals surface area (Å²) >= 11 is 0. The summed E-state index contributed by atoms with van der Waals surface area (Å²) in [6, 6.07) is 0. The molecule has 19 heavy (non-hydrogen) atoms. The monoisotopic (exact) mass is 270 g/mol. The molecule has 0 radical (unpaired) electrons. The highest BCUT2D eigenvalue weighted by Crippen LogP contribution is 2.44. The van der Waals surface area contributed by atoms with Crippen LogP contribution in [-0.4, -0.2) is 34.5 Å². The number of esters is 1. The Kier molecular flexibility index (Phi) is 3.57. The van der Waals surface area contributed by atoms with Crippen molar-refractivity contribution in [2.75, 3.05) is 0 Å². The van der Waals surface area contributed by atoms with Crippen LogP contribution >= 0.6 is 0 Å². The molecule has 1 heterocycles. The molecule has 1 saturated carbocycles. The van der Waals surface area contributed by atoms with Crippen LogP contribution < -0.4 is 10.6 Å². The van der Waals surface area contributed by atoms with Crippen LogP contribution in [0.3, 0.4) is 0 Å². The molecule has 0 aromatic rings. The van der Waals surface area contributed by atoms with Gasteiger partial charge in [-0.1, -0.05) is 0 Å². The van der Waals surface area contributed by atoms with Crippen molar-refractivity contribution in [1.82, 2.24) is 10.6 Å². The lowest BCUT2D eigenvalue weighted by Gasteiger charge is -2.27. The van der Waals surface area contributed by atoms with E-state index < -0.39 is 17.5 Å². The van der Waals surface area contributed by atoms with Gasteiger partial charge in [0.2, 0.25) is 5.91 Å². The van der Waals surface area contributed by atoms with Gasteiger partial charge in [0.05, 0.1) is 0 Å². The van der Waals surface area contributed by atoms with Gasteiger partial charge in [-0.05, 0) is 46.0 Å². The van der Waals surface area contributed by atoms with Gasteiger partial charge in [0.15, 0.2) is 6.35 Å². The standard InChI is InChI=1S/C13H22N2O4/c1-12(2,3)19-9(16)6-7-13(8-4-5-8)10(17)14-11(18)15-13/h8,11,15,18H,4-7H2,1-3H3,(H,14,17). The van der Waals surface area contributed by atoms with Crippen molar-refractivity contribution in [2.24, 2.45) is 5.92 Å². The van der Waals surface area contributed by atoms with Gasteiger partial charge in [-0.25, -0.2) is 0 Å². The van der Waals surface area contributed by atoms with Crippen molar-refractivity contribution in [1.29, 1.82) is 0 Å². The molecule has 0 spiro atoms. The molecule has 1 aliphatic carbocycles. The molecule has 2 aliphatic rings. The molecule has 3 N–H and O–H groups in total. The van der Waals surface area contributed by atoms with Crippen molar-refractivity contribution >= 4 is 11.9 Å². The molecule has 0 bridgehead atoms. The highest BCUT2D eigenvalue weighted by Gasteiger charge is 2.55. The van der Waals surface area contributed by atoms with E-state index in [2.05, 4.69) is 10.6 Å². The molecule has 1 aliphatic heterocycles. The molecular weight excluding hydrogens is 248 g/mol. The van der Waals surface area contributed by atoms with E-state index >= 15 is 0 Å². The fourth-order valence-electron chi connectivity index (χ4n) is 2.56. The zero-order valence-electron chi connectivity index (χ0n) is 11.7. The molecule has 1 amide bonds. The largest absolute Gasteiger partial charge is 0.460 e. The molecule has 2 atom stereocenters. The fraction of sp³-hybridized carbons (Fsp3) is 0.846. The lowest BCUT2D eigenvalue weighted by Crippen LogP contribution is -2.50. The summed E-state index contributed by atoms with van der Waals surface area (Å²) in [5.74, 6) is -0.332. The number of carbonyl (C=O) groups excluding carboxylic acids is 2. The molecule has 0 aromatic heterocycles. The molecule has 108 valence electrons. The lowest BCUT2D eigenvalue weighted by atomic mass is 9.88. The van der Waals surface area contributed by atoms with E-state index in [1.807, 2.05) is 20.8 Å². The first-order chi connectivity index (χ1) is 8.73. The van der Waals surface area contributed by atoms with Crippen LogP contribution in [0.2, 0.25) is 0 Å². The van der Waals surface area contributed by atoms with Gasteiger partial charge >= 0.3 is 5.97 Å². The van der Waals surface area contributed by atoms with Crippen LogP contribution in [0.25, 0.3) is 0 Å². The molecule has 0 aromatic carbocycles. The maximum atomic E-state index is 12.0. The molecular formula is C13H22N2O4. The molecule has 2 unspecified atom stereocenters. The van der Waals surface area contributed by atoms with Gasteiger partial charge in [0, 0.05) is 6.42 Å². The normalized spacial score (nSPS) is 31.2. The minimum absolute atomic E-state index is 0.168. The van der Waals surface area contributed by atoms with Crippen molar-refractivity contribution in [3.05, 3.63) is 0 Å². The predicted octanol–water partition coefficient (Wildman–Crippen LogP) is 0.252. The van der Waals surface area contributed by atoms with E-state index in [9.17, 15) is 14.7 Å². The zero-order chi connectivity index (χ0) is 14.3. The highest BCUT2D eigenvalue weighted by atomic mass is 16.6. The average molecular weight is 270 g/mol. The second kappa shape index (κ2) is 4.76. The van der Waals surface area contributed by atoms with Crippen molar-refractivity contribution < 1.29 is 19.4 Å². The Morgan fingerprint density at radius 2 is 2.11 bits per heavy atom. The van der Waals surface area contributed by atoms with Crippen LogP contribution in [0.15, 0.2) is 0 Å². The maximum absolute atomic E-state index is 12.0. The Hall–Kier alpha value is -1.14. The number of ether oxygens (including phenoxy) is 1. The number of hydrogen-bond donors (Lipinski definition) is 3. The van der Waals surface area contributed by atoms with Crippen LogP contribution in [-0.2, 0) is 14.3 Å². The van der Waals surface area contributed by atoms with E-state index in [0.717, 1.165) is 12.8 Å². The molecule has 6 nitrogen and oxygen atoms in total. The number of hydrogen-bond acceptors (Lipinski definition) is 5. The van der Waals surface area contributed by atoms with E-state index in [-0.39, 0.29) is 24.2 Å². The summed E-state index contributed by atoms with van der Waals surface area (Å²) in [6.07, 6.45) is 1.39. The summed E-state index contributed by atoms with van der Waals surface area (Å²) in [4.78, 5) is 23.7. The van der Waals surface area contributed by atoms with Crippen molar-refractivity contribution in [3.8, 4) is 0 Å². The number of aliphatic hydroxyl groups is 1. The quantitative estimate of drug-likeness (QED) is 0.637. The highest BCUT2D eigenvalue weighted by molar-refractivity contribution is 5.90. The summed E-state index contributed by atoms with van der Waals surface area (Å²) in [5.41, 5.74) is -1.33. The van der Waals surface area contributed by atoms with Gasteiger partial charge < -0.3 is 15.2 Å². The number of rotatable bonds is 4. The third kappa shape index (κ3) is 3.25. The number of amides is 1. The minimum atomic E-state index is -1.02. The Labute approximate surface area is 112 Å². The first kappa shape index (κ1) is 14.3. The minimum Gasteiger partial charge on any atom is -0.460 e. The smallest absolute Gasteiger partial charge is 0.306 e. The lowest BCUT2D eigenvalue weighted by molar-refractivity contribution is -0.155. The molecule has 6 heteroatoms. The molecule has 2 fully saturated rings. The summed E-state index contributed by atoms with van der Waals surface area (Å²) in [5, 5.41) is 14.8. The fourth-order valence-corrected chi connectivity index (χ4v) is 2.56. The van der Waals surface area contributed by atoms with Gasteiger partial charge in [-0.3, -0.25) is 14.9 Å². The van der Waals surface area contributed by atoms with Crippen LogP contribution in [0.4, 0.5) is 0 Å². The van der Waals surface area contributed by atoms with Gasteiger partial charge in [0.1, 0.15) is 11.1 Å². The summed E-state index contributed by atoms with van der Waals surface area (Å²) in [7, 11) is 0. The summed E-state index contributed by atoms with van der Waals surface area (Å²) < 4.78 is 5.24. The van der Waals surface area contributed by atoms with E-state index in [1.165, 1.54) is 0 Å². The number of carbonyl (C=O) groups is 2. The topological polar surface area (TPSA) is 87.7 Å². The van der Waals surface area contributed by atoms with Gasteiger partial charge in [0.25, 0.3) is 0 Å². The van der Waals surface area contributed by atoms with E-state index in [0.29, 0.717) is 6.42 Å². The first-order valence-corrected chi connectivity index (χ1v) is 6.71. The van der Waals surface area contributed by atoms with E-state index in [1.54, 1.807) is 0 Å². The predicted molar refractivity (Wildman–Crippen MR) is 67.8 cm³/mol. The average Bonchev–Trinajstić information content (AvgIpc) is 3.01. The summed E-state index contributed by atoms with van der Waals surface area (Å²) in [6.45, 7) is 5.43. The number of nitrogens with one attached hydrogen (secondary N) is 2. The maximum Gasteiger partial charge on any atom is 0.306 e. The van der Waals surface area contributed by atoms with E-state index in [4.69, 9.17) is 4.74 Å². The Morgan fingerprint density at radius 1 is 1.47 bits per heavy atom. The van der Waals surface area contributed by atoms with Gasteiger partial charge in [-0.15, -0.1) is 0 Å². The SMILES string of the molecule is CC(C)(C)OC(=O)CCC1(C2CC2)NC(O)NC1=O. The number of aliphatic hydroxyl groups excluding tert-OH is 1. The third-order valence-electron chi connectivity index (χ3n) is 3.49. The molecule has 2 rings (SSSR count). The van der Waals surface area contributed by atoms with Crippen molar-refractivity contribution in [3.63, 3.8) is 0 Å². The second-order valence-electron chi connectivity index (χ2n) is 6.35.